The number of carbonyl (C=O) groups excluding carboxylic acids is 6. The van der Waals surface area contributed by atoms with Gasteiger partial charge in [-0.3, -0.25) is 46.9 Å². The summed E-state index contributed by atoms with van der Waals surface area (Å²) in [7, 11) is -8.40. The van der Waals surface area contributed by atoms with Gasteiger partial charge in [-0.25, -0.2) is 9.13 Å². The molecule has 0 aromatic rings. The summed E-state index contributed by atoms with van der Waals surface area (Å²) in [6, 6.07) is 0. The third-order valence-electron chi connectivity index (χ3n) is 20.7. The normalized spacial score (nSPS) is 34.9. The van der Waals surface area contributed by atoms with Crippen molar-refractivity contribution in [2.75, 3.05) is 66.6 Å². The van der Waals surface area contributed by atoms with Crippen molar-refractivity contribution in [3.8, 4) is 0 Å². The van der Waals surface area contributed by atoms with Crippen LogP contribution in [-0.4, -0.2) is 254 Å². The van der Waals surface area contributed by atoms with E-state index in [1.807, 2.05) is 0 Å². The summed E-state index contributed by atoms with van der Waals surface area (Å²) in [5, 5.41) is 100. The fraction of sp³-hybridized carbons (Fsp3) is 0.915. The van der Waals surface area contributed by atoms with Crippen LogP contribution in [0.2, 0.25) is 0 Å². The molecule has 0 bridgehead atoms. The van der Waals surface area contributed by atoms with Crippen molar-refractivity contribution in [2.45, 2.75) is 288 Å². The number of Topliss-reactive ketones (excluding diaryl/α,β-unsaturated/α-hetero) is 6. The van der Waals surface area contributed by atoms with E-state index < -0.39 is 188 Å². The number of aliphatic hydroxyl groups excluding tert-OH is 10. The molecule has 3 saturated heterocycles. The molecule has 0 spiro atoms. The highest BCUT2D eigenvalue weighted by Crippen LogP contribution is 2.54. The van der Waals surface area contributed by atoms with Crippen LogP contribution in [0, 0.1) is 59.2 Å². The van der Waals surface area contributed by atoms with Gasteiger partial charge in [0, 0.05) is 107 Å². The van der Waals surface area contributed by atoms with E-state index >= 15 is 0 Å². The molecule has 0 aromatic heterocycles. The summed E-state index contributed by atoms with van der Waals surface area (Å²) >= 11 is 0. The summed E-state index contributed by atoms with van der Waals surface area (Å²) in [6.45, 7) is 9.40. The average molecular weight is 1540 g/mol. The zero-order chi connectivity index (χ0) is 77.0. The standard InChI is InChI=1S/C67H114O31P2.C4H10/c1-38-59(78)62(81)56(32-68)94-65(38)89-23-11-17-44(71)14-5-8-20-53(75)50-29-47(74)26-41(50)36-92-99(84,85)98-49-28-43(52(31-49)55(77)22-10-7-16-46(73)19-13-25-91-67-40(3)61(80)64(83)58(34-70)96-67)37-93-100(86,87)97-48-27-42(35-88-4)51(30-48)54(76)21-9-6-15-45(72)18-12-24-90-66-39(2)60(79)63(82)57(33-69)95-66;1-4(2)3/h38-43,47-52,56-70,74,78-83H,5-37H2,1-4H3,(H,84,85)(H,86,87);4H,1-3H3/t38?,39?,40?,41-,42-,43-,47+,48+,49+,50?,51?,52?,56?,57?,58?,59+,60+,61+,62-,63-,64-,65+,66+,67+;/m0./s1. The van der Waals surface area contributed by atoms with Crippen LogP contribution in [-0.2, 0) is 89.2 Å². The van der Waals surface area contributed by atoms with Gasteiger partial charge >= 0.3 is 15.6 Å². The van der Waals surface area contributed by atoms with E-state index in [1.54, 1.807) is 20.8 Å². The first kappa shape index (κ1) is 92.2. The monoisotopic (exact) mass is 1530 g/mol. The Balaban J connectivity index is 0.00000473. The second-order valence-electron chi connectivity index (χ2n) is 30.1. The van der Waals surface area contributed by atoms with E-state index in [9.17, 15) is 98.7 Å². The van der Waals surface area contributed by atoms with Crippen molar-refractivity contribution in [2.24, 2.45) is 59.2 Å². The quantitative estimate of drug-likeness (QED) is 0.0296. The molecule has 6 fully saturated rings. The number of hydrogen-bond donors (Lipinski definition) is 12. The maximum atomic E-state index is 14.1. The maximum absolute atomic E-state index is 14.1. The van der Waals surface area contributed by atoms with Crippen LogP contribution in [0.25, 0.3) is 0 Å². The fourth-order valence-electron chi connectivity index (χ4n) is 14.6. The summed E-state index contributed by atoms with van der Waals surface area (Å²) < 4.78 is 89.1. The maximum Gasteiger partial charge on any atom is 0.472 e. The minimum Gasteiger partial charge on any atom is -0.394 e. The number of phosphoric acid groups is 2. The number of carbonyl (C=O) groups is 6. The number of ketones is 6. The van der Waals surface area contributed by atoms with Gasteiger partial charge < -0.3 is 94.0 Å². The highest BCUT2D eigenvalue weighted by atomic mass is 31.2. The minimum absolute atomic E-state index is 0.0362. The van der Waals surface area contributed by atoms with Crippen LogP contribution in [0.5, 0.6) is 0 Å². The Morgan fingerprint density at radius 2 is 0.683 bits per heavy atom. The topological polar surface area (TPSA) is 481 Å². The van der Waals surface area contributed by atoms with Crippen molar-refractivity contribution in [1.82, 2.24) is 0 Å². The first-order chi connectivity index (χ1) is 49.2. The Morgan fingerprint density at radius 3 is 0.990 bits per heavy atom. The predicted molar refractivity (Wildman–Crippen MR) is 370 cm³/mol. The molecule has 3 saturated carbocycles. The van der Waals surface area contributed by atoms with Crippen LogP contribution in [0.15, 0.2) is 0 Å². The zero-order valence-electron chi connectivity index (χ0n) is 61.8. The van der Waals surface area contributed by atoms with Gasteiger partial charge in [0.25, 0.3) is 0 Å². The third-order valence-corrected chi connectivity index (χ3v) is 22.7. The molecule has 3 aliphatic carbocycles. The number of hydrogen-bond acceptors (Lipinski definition) is 29. The smallest absolute Gasteiger partial charge is 0.394 e. The van der Waals surface area contributed by atoms with Gasteiger partial charge in [-0.2, -0.15) is 0 Å². The Kier molecular flexibility index (Phi) is 41.1. The number of phosphoric ester groups is 2. The summed E-state index contributed by atoms with van der Waals surface area (Å²) in [5.74, 6) is -5.94. The number of methoxy groups -OCH3 is 1. The molecule has 33 heteroatoms. The van der Waals surface area contributed by atoms with Crippen molar-refractivity contribution < 1.29 is 150 Å². The third kappa shape index (κ3) is 30.3. The lowest BCUT2D eigenvalue weighted by Gasteiger charge is -2.40. The van der Waals surface area contributed by atoms with Gasteiger partial charge in [-0.05, 0) is 120 Å². The Morgan fingerprint density at radius 1 is 0.404 bits per heavy atom. The van der Waals surface area contributed by atoms with Crippen LogP contribution >= 0.6 is 15.6 Å². The van der Waals surface area contributed by atoms with E-state index in [0.717, 1.165) is 5.92 Å². The van der Waals surface area contributed by atoms with Crippen LogP contribution in [0.4, 0.5) is 0 Å². The molecular weight excluding hydrogens is 1410 g/mol. The van der Waals surface area contributed by atoms with Gasteiger partial charge in [-0.15, -0.1) is 0 Å². The molecule has 3 heterocycles. The van der Waals surface area contributed by atoms with E-state index in [2.05, 4.69) is 20.8 Å². The van der Waals surface area contributed by atoms with E-state index in [-0.39, 0.29) is 170 Å². The second-order valence-corrected chi connectivity index (χ2v) is 32.9. The molecule has 3 aliphatic heterocycles. The Hall–Kier alpha value is -2.44. The molecule has 0 amide bonds. The summed E-state index contributed by atoms with van der Waals surface area (Å²) in [6.07, 6.45) is -11.3. The van der Waals surface area contributed by atoms with Gasteiger partial charge in [0.15, 0.2) is 18.9 Å². The first-order valence-electron chi connectivity index (χ1n) is 37.6. The van der Waals surface area contributed by atoms with Crippen molar-refractivity contribution in [3.05, 3.63) is 0 Å². The zero-order valence-corrected chi connectivity index (χ0v) is 63.6. The molecule has 0 radical (unpaired) electrons. The van der Waals surface area contributed by atoms with Crippen molar-refractivity contribution >= 4 is 50.3 Å². The second kappa shape index (κ2) is 46.4. The van der Waals surface area contributed by atoms with E-state index in [0.29, 0.717) is 51.4 Å². The molecule has 6 aliphatic rings. The minimum atomic E-state index is -4.94. The van der Waals surface area contributed by atoms with Gasteiger partial charge in [0.1, 0.15) is 71.3 Å². The highest BCUT2D eigenvalue weighted by molar-refractivity contribution is 7.47. The lowest BCUT2D eigenvalue weighted by molar-refractivity contribution is -0.282. The highest BCUT2D eigenvalue weighted by Gasteiger charge is 2.49. The number of aliphatic hydroxyl groups is 10. The molecule has 6 rings (SSSR count). The molecule has 31 nitrogen and oxygen atoms in total. The lowest BCUT2D eigenvalue weighted by Crippen LogP contribution is -2.55. The molecule has 12 N–H and O–H groups in total. The molecule has 26 atom stereocenters. The van der Waals surface area contributed by atoms with Crippen LogP contribution in [0.3, 0.4) is 0 Å². The van der Waals surface area contributed by atoms with Crippen LogP contribution < -0.4 is 0 Å². The van der Waals surface area contributed by atoms with Crippen LogP contribution in [0.1, 0.15) is 196 Å². The Bertz CT molecular complexity index is 2670. The predicted octanol–water partition coefficient (Wildman–Crippen LogP) is 4.45. The summed E-state index contributed by atoms with van der Waals surface area (Å²) in [5.41, 5.74) is 0. The number of ether oxygens (including phenoxy) is 7. The molecule has 0 aromatic carbocycles. The fourth-order valence-corrected chi connectivity index (χ4v) is 16.6. The van der Waals surface area contributed by atoms with E-state index in [1.165, 1.54) is 7.11 Å². The molecular formula is C71H124O31P2. The van der Waals surface area contributed by atoms with Gasteiger partial charge in [0.2, 0.25) is 0 Å². The molecule has 104 heavy (non-hydrogen) atoms. The first-order valence-corrected chi connectivity index (χ1v) is 40.6. The van der Waals surface area contributed by atoms with Gasteiger partial charge in [0.05, 0.1) is 89.5 Å². The van der Waals surface area contributed by atoms with Gasteiger partial charge in [-0.1, -0.05) is 41.5 Å². The van der Waals surface area contributed by atoms with E-state index in [4.69, 9.17) is 51.3 Å². The number of rotatable bonds is 48. The number of unbranched alkanes of at least 4 members (excludes halogenated alkanes) is 3. The molecule has 604 valence electrons. The summed E-state index contributed by atoms with van der Waals surface area (Å²) in [4.78, 5) is 102. The Labute approximate surface area is 611 Å². The average Bonchev–Trinajstić information content (AvgIpc) is 1.79. The SMILES string of the molecule is CC(C)C.COC[C@@H]1C[C@@H](OP(=O)(O)OC[C@@H]2C[C@@H](OP(=O)(O)OC[C@@H]3C[C@@H](O)CC3C(=O)CCCCC(=O)CCCO[C@@H]3OC(CO)[C@H](O)[C@H](O)C3C)CC2C(=O)CCCCC(=O)CCCO[C@@H]2OC(CO)[C@H](O)[C@H](O)C2C)CC1C(=O)CCCCC(=O)CCCO[C@@H]1OC(CO)[C@H](O)[C@H](O)C1C. The largest absolute Gasteiger partial charge is 0.472 e. The molecule has 11 unspecified atom stereocenters. The van der Waals surface area contributed by atoms with Crippen molar-refractivity contribution in [1.29, 1.82) is 0 Å². The lowest BCUT2D eigenvalue weighted by atomic mass is 9.89. The van der Waals surface area contributed by atoms with Crippen molar-refractivity contribution in [3.63, 3.8) is 0 Å².